The highest BCUT2D eigenvalue weighted by atomic mass is 33.1. The molecule has 0 atom stereocenters. The van der Waals surface area contributed by atoms with E-state index < -0.39 is 0 Å². The Hall–Kier alpha value is -0.220. The van der Waals surface area contributed by atoms with Gasteiger partial charge in [-0.3, -0.25) is 4.98 Å². The van der Waals surface area contributed by atoms with E-state index in [1.54, 1.807) is 40.2 Å². The third-order valence-corrected chi connectivity index (χ3v) is 2.27. The van der Waals surface area contributed by atoms with Gasteiger partial charge in [-0.15, -0.1) is 0 Å². The van der Waals surface area contributed by atoms with Crippen molar-refractivity contribution in [3.05, 3.63) is 18.6 Å². The Balaban J connectivity index is 2.61. The molecule has 4 heteroatoms. The van der Waals surface area contributed by atoms with E-state index in [4.69, 9.17) is 0 Å². The Labute approximate surface area is 61.9 Å². The van der Waals surface area contributed by atoms with Gasteiger partial charge < -0.3 is 0 Å². The predicted octanol–water partition coefficient (Wildman–Crippen LogP) is 1.85. The van der Waals surface area contributed by atoms with Crippen molar-refractivity contribution < 1.29 is 0 Å². The zero-order valence-electron chi connectivity index (χ0n) is 4.94. The highest BCUT2D eigenvalue weighted by molar-refractivity contribution is 8.76. The first-order chi connectivity index (χ1) is 4.43. The molecule has 9 heavy (non-hydrogen) atoms. The molecule has 48 valence electrons. The van der Waals surface area contributed by atoms with E-state index in [0.29, 0.717) is 0 Å². The first-order valence-corrected chi connectivity index (χ1v) is 4.96. The lowest BCUT2D eigenvalue weighted by Gasteiger charge is -1.90. The second kappa shape index (κ2) is 3.74. The lowest BCUT2D eigenvalue weighted by atomic mass is 10.8. The van der Waals surface area contributed by atoms with Gasteiger partial charge in [0, 0.05) is 12.4 Å². The van der Waals surface area contributed by atoms with Crippen LogP contribution < -0.4 is 0 Å². The highest BCUT2D eigenvalue weighted by Gasteiger charge is 1.88. The van der Waals surface area contributed by atoms with Crippen molar-refractivity contribution >= 4 is 21.6 Å². The average Bonchev–Trinajstić information content (AvgIpc) is 1.91. The highest BCUT2D eigenvalue weighted by Crippen LogP contribution is 2.24. The number of nitrogens with zero attached hydrogens (tertiary/aromatic N) is 2. The van der Waals surface area contributed by atoms with Crippen LogP contribution in [0.25, 0.3) is 0 Å². The van der Waals surface area contributed by atoms with Gasteiger partial charge >= 0.3 is 0 Å². The van der Waals surface area contributed by atoms with E-state index in [2.05, 4.69) is 9.97 Å². The first-order valence-electron chi connectivity index (χ1n) is 2.40. The second-order valence-corrected chi connectivity index (χ2v) is 3.71. The van der Waals surface area contributed by atoms with E-state index in [1.165, 1.54) is 0 Å². The molecule has 0 aliphatic rings. The molecule has 0 aliphatic heterocycles. The molecular formula is C5H6N2S2. The third kappa shape index (κ3) is 2.24. The third-order valence-electron chi connectivity index (χ3n) is 0.708. The monoisotopic (exact) mass is 158 g/mol. The summed E-state index contributed by atoms with van der Waals surface area (Å²) in [7, 11) is 3.29. The molecule has 0 spiro atoms. The molecule has 0 bridgehead atoms. The van der Waals surface area contributed by atoms with Crippen LogP contribution in [0.4, 0.5) is 0 Å². The number of aromatic nitrogens is 2. The molecule has 2 nitrogen and oxygen atoms in total. The summed E-state index contributed by atoms with van der Waals surface area (Å²) in [5, 5.41) is 0.963. The maximum Gasteiger partial charge on any atom is 0.125 e. The second-order valence-electron chi connectivity index (χ2n) is 1.29. The van der Waals surface area contributed by atoms with Gasteiger partial charge in [0.15, 0.2) is 0 Å². The minimum atomic E-state index is 0.963. The molecular weight excluding hydrogens is 152 g/mol. The van der Waals surface area contributed by atoms with Gasteiger partial charge in [0.2, 0.25) is 0 Å². The fourth-order valence-corrected chi connectivity index (χ4v) is 1.56. The van der Waals surface area contributed by atoms with Crippen LogP contribution in [0.5, 0.6) is 0 Å². The standard InChI is InChI=1S/C5H6N2S2/c1-8-9-5-4-6-2-3-7-5/h2-4H,1H3. The Morgan fingerprint density at radius 1 is 1.44 bits per heavy atom. The van der Waals surface area contributed by atoms with Crippen molar-refractivity contribution in [3.63, 3.8) is 0 Å². The van der Waals surface area contributed by atoms with Crippen molar-refractivity contribution in [1.29, 1.82) is 0 Å². The molecule has 1 aromatic heterocycles. The van der Waals surface area contributed by atoms with Crippen LogP contribution in [0.2, 0.25) is 0 Å². The molecule has 0 saturated heterocycles. The summed E-state index contributed by atoms with van der Waals surface area (Å²) in [5.41, 5.74) is 0. The SMILES string of the molecule is CSSc1cnccn1. The normalized spacial score (nSPS) is 9.44. The average molecular weight is 158 g/mol. The lowest BCUT2D eigenvalue weighted by molar-refractivity contribution is 1.06. The molecule has 1 heterocycles. The van der Waals surface area contributed by atoms with Crippen molar-refractivity contribution in [2.75, 3.05) is 6.26 Å². The number of rotatable bonds is 2. The lowest BCUT2D eigenvalue weighted by Crippen LogP contribution is -1.76. The Morgan fingerprint density at radius 3 is 2.89 bits per heavy atom. The summed E-state index contributed by atoms with van der Waals surface area (Å²) in [6.07, 6.45) is 7.13. The minimum Gasteiger partial charge on any atom is -0.260 e. The molecule has 0 N–H and O–H groups in total. The summed E-state index contributed by atoms with van der Waals surface area (Å²) in [6.45, 7) is 0. The van der Waals surface area contributed by atoms with Gasteiger partial charge in [-0.1, -0.05) is 10.8 Å². The molecule has 0 aliphatic carbocycles. The topological polar surface area (TPSA) is 25.8 Å². The minimum absolute atomic E-state index is 0.963. The quantitative estimate of drug-likeness (QED) is 0.613. The van der Waals surface area contributed by atoms with Crippen molar-refractivity contribution in [1.82, 2.24) is 9.97 Å². The molecule has 1 rings (SSSR count). The summed E-state index contributed by atoms with van der Waals surface area (Å²) in [6, 6.07) is 0. The molecule has 0 aromatic carbocycles. The van der Waals surface area contributed by atoms with Crippen LogP contribution in [0.15, 0.2) is 23.6 Å². The van der Waals surface area contributed by atoms with Crippen molar-refractivity contribution in [3.8, 4) is 0 Å². The van der Waals surface area contributed by atoms with E-state index in [1.807, 2.05) is 6.26 Å². The van der Waals surface area contributed by atoms with Crippen LogP contribution in [0, 0.1) is 0 Å². The van der Waals surface area contributed by atoms with Gasteiger partial charge in [0.05, 0.1) is 6.20 Å². The fourth-order valence-electron chi connectivity index (χ4n) is 0.414. The maximum atomic E-state index is 4.05. The van der Waals surface area contributed by atoms with E-state index in [9.17, 15) is 0 Å². The zero-order valence-corrected chi connectivity index (χ0v) is 6.58. The van der Waals surface area contributed by atoms with Crippen LogP contribution in [-0.2, 0) is 0 Å². The van der Waals surface area contributed by atoms with Gasteiger partial charge in [-0.05, 0) is 17.0 Å². The predicted molar refractivity (Wildman–Crippen MR) is 41.4 cm³/mol. The van der Waals surface area contributed by atoms with Crippen LogP contribution in [0.1, 0.15) is 0 Å². The van der Waals surface area contributed by atoms with Crippen molar-refractivity contribution in [2.45, 2.75) is 5.03 Å². The fraction of sp³-hybridized carbons (Fsp3) is 0.200. The Bertz CT molecular complexity index is 166. The Morgan fingerprint density at radius 2 is 2.33 bits per heavy atom. The number of hydrogen-bond acceptors (Lipinski definition) is 4. The van der Waals surface area contributed by atoms with Gasteiger partial charge in [0.25, 0.3) is 0 Å². The Kier molecular flexibility index (Phi) is 2.86. The van der Waals surface area contributed by atoms with Gasteiger partial charge in [-0.25, -0.2) is 4.98 Å². The van der Waals surface area contributed by atoms with Gasteiger partial charge in [0.1, 0.15) is 5.03 Å². The molecule has 0 amide bonds. The summed E-state index contributed by atoms with van der Waals surface area (Å²) >= 11 is 0. The van der Waals surface area contributed by atoms with Crippen LogP contribution >= 0.6 is 21.6 Å². The molecule has 0 radical (unpaired) electrons. The molecule has 1 aromatic rings. The molecule has 0 fully saturated rings. The van der Waals surface area contributed by atoms with Crippen molar-refractivity contribution in [2.24, 2.45) is 0 Å². The van der Waals surface area contributed by atoms with Crippen LogP contribution in [-0.4, -0.2) is 16.2 Å². The zero-order chi connectivity index (χ0) is 6.53. The summed E-state index contributed by atoms with van der Waals surface area (Å²) in [5.74, 6) is 0. The summed E-state index contributed by atoms with van der Waals surface area (Å²) in [4.78, 5) is 7.95. The molecule has 0 saturated carbocycles. The summed E-state index contributed by atoms with van der Waals surface area (Å²) < 4.78 is 0. The van der Waals surface area contributed by atoms with Gasteiger partial charge in [-0.2, -0.15) is 0 Å². The largest absolute Gasteiger partial charge is 0.260 e. The first kappa shape index (κ1) is 6.89. The van der Waals surface area contributed by atoms with E-state index in [0.717, 1.165) is 5.03 Å². The van der Waals surface area contributed by atoms with Crippen LogP contribution in [0.3, 0.4) is 0 Å². The smallest absolute Gasteiger partial charge is 0.125 e. The van der Waals surface area contributed by atoms with E-state index in [-0.39, 0.29) is 0 Å². The maximum absolute atomic E-state index is 4.05. The van der Waals surface area contributed by atoms with E-state index >= 15 is 0 Å². The number of hydrogen-bond donors (Lipinski definition) is 0. The molecule has 0 unspecified atom stereocenters.